The Balaban J connectivity index is 1.74. The van der Waals surface area contributed by atoms with Crippen molar-refractivity contribution >= 4 is 24.2 Å². The lowest BCUT2D eigenvalue weighted by Crippen LogP contribution is -2.37. The van der Waals surface area contributed by atoms with E-state index in [9.17, 15) is 19.2 Å². The first-order valence-electron chi connectivity index (χ1n) is 8.12. The molecule has 2 rings (SSSR count). The van der Waals surface area contributed by atoms with E-state index >= 15 is 0 Å². The summed E-state index contributed by atoms with van der Waals surface area (Å²) < 4.78 is 25.6. The number of hydrogen-bond donors (Lipinski definition) is 0. The lowest BCUT2D eigenvalue weighted by Gasteiger charge is -2.16. The molecule has 9 nitrogen and oxygen atoms in total. The van der Waals surface area contributed by atoms with Crippen LogP contribution < -0.4 is 0 Å². The summed E-state index contributed by atoms with van der Waals surface area (Å²) in [6, 6.07) is 0. The molecule has 2 fully saturated rings. The fourth-order valence-corrected chi connectivity index (χ4v) is 2.67. The lowest BCUT2D eigenvalue weighted by atomic mass is 10.1. The maximum absolute atomic E-state index is 11.8. The highest BCUT2D eigenvalue weighted by atomic mass is 16.7. The molecule has 0 saturated carbocycles. The van der Waals surface area contributed by atoms with Gasteiger partial charge in [-0.2, -0.15) is 0 Å². The third-order valence-corrected chi connectivity index (χ3v) is 3.88. The minimum absolute atomic E-state index is 0.00695. The number of fused-ring (bicyclic) bond motifs is 1. The van der Waals surface area contributed by atoms with E-state index in [0.29, 0.717) is 6.42 Å². The molecule has 0 amide bonds. The van der Waals surface area contributed by atoms with Gasteiger partial charge in [0.2, 0.25) is 6.29 Å². The Morgan fingerprint density at radius 3 is 2.20 bits per heavy atom. The van der Waals surface area contributed by atoms with Crippen molar-refractivity contribution in [1.82, 2.24) is 0 Å². The van der Waals surface area contributed by atoms with Crippen LogP contribution in [-0.4, -0.2) is 68.4 Å². The topological polar surface area (TPSA) is 114 Å². The van der Waals surface area contributed by atoms with E-state index in [0.717, 1.165) is 19.3 Å². The number of unbranched alkanes of at least 4 members (excludes halogenated alkanes) is 3. The zero-order chi connectivity index (χ0) is 18.2. The Morgan fingerprint density at radius 2 is 1.60 bits per heavy atom. The molecule has 0 aromatic rings. The average Bonchev–Trinajstić information content (AvgIpc) is 3.18. The van der Waals surface area contributed by atoms with Crippen LogP contribution >= 0.6 is 0 Å². The number of esters is 3. The number of carbonyl (C=O) groups excluding carboxylic acids is 4. The van der Waals surface area contributed by atoms with Crippen molar-refractivity contribution in [2.24, 2.45) is 0 Å². The number of aldehydes is 1. The summed E-state index contributed by atoms with van der Waals surface area (Å²) in [5.41, 5.74) is 0. The number of rotatable bonds is 8. The highest BCUT2D eigenvalue weighted by molar-refractivity contribution is 6.29. The van der Waals surface area contributed by atoms with Crippen LogP contribution in [0.1, 0.15) is 25.7 Å². The molecule has 0 N–H and O–H groups in total. The van der Waals surface area contributed by atoms with Gasteiger partial charge in [0.15, 0.2) is 12.2 Å². The van der Waals surface area contributed by atoms with Crippen molar-refractivity contribution in [3.8, 4) is 0 Å². The normalized spacial score (nSPS) is 27.4. The second-order valence-corrected chi connectivity index (χ2v) is 5.68. The predicted octanol–water partition coefficient (Wildman–Crippen LogP) is -0.256. The third-order valence-electron chi connectivity index (χ3n) is 3.88. The molecule has 0 aliphatic carbocycles. The van der Waals surface area contributed by atoms with Gasteiger partial charge in [-0.25, -0.2) is 14.4 Å². The fraction of sp³-hybridized carbons (Fsp3) is 0.688. The van der Waals surface area contributed by atoms with Gasteiger partial charge in [0.1, 0.15) is 12.2 Å². The zero-order valence-corrected chi connectivity index (χ0v) is 13.7. The van der Waals surface area contributed by atoms with Crippen molar-refractivity contribution in [2.45, 2.75) is 50.1 Å². The maximum atomic E-state index is 11.8. The Labute approximate surface area is 144 Å². The first kappa shape index (κ1) is 19.3. The number of hydrogen-bond acceptors (Lipinski definition) is 9. The molecule has 9 heteroatoms. The highest BCUT2D eigenvalue weighted by Gasteiger charge is 2.51. The number of carbonyl (C=O) groups is 4. The van der Waals surface area contributed by atoms with Gasteiger partial charge in [-0.1, -0.05) is 26.2 Å². The largest absolute Gasteiger partial charge is 0.457 e. The van der Waals surface area contributed by atoms with E-state index in [1.807, 2.05) is 0 Å². The SMILES string of the molecule is [CH2]CCCCCOC(=O)C(=O)O[C@H]1COC2C1OC[C@@H]2OC(=O)C=O. The molecular formula is C16H21O9. The zero-order valence-electron chi connectivity index (χ0n) is 13.7. The third kappa shape index (κ3) is 5.23. The van der Waals surface area contributed by atoms with Gasteiger partial charge in [0.05, 0.1) is 19.8 Å². The van der Waals surface area contributed by atoms with Crippen LogP contribution in [0.2, 0.25) is 0 Å². The second-order valence-electron chi connectivity index (χ2n) is 5.68. The average molecular weight is 357 g/mol. The Hall–Kier alpha value is -2.00. The first-order valence-corrected chi connectivity index (χ1v) is 8.12. The van der Waals surface area contributed by atoms with E-state index in [-0.39, 0.29) is 26.1 Å². The molecule has 2 saturated heterocycles. The van der Waals surface area contributed by atoms with Gasteiger partial charge in [-0.05, 0) is 6.42 Å². The van der Waals surface area contributed by atoms with Crippen LogP contribution in [0.5, 0.6) is 0 Å². The van der Waals surface area contributed by atoms with Gasteiger partial charge < -0.3 is 23.7 Å². The summed E-state index contributed by atoms with van der Waals surface area (Å²) in [5.74, 6) is -3.22. The molecule has 4 atom stereocenters. The van der Waals surface area contributed by atoms with E-state index in [1.165, 1.54) is 0 Å². The summed E-state index contributed by atoms with van der Waals surface area (Å²) in [5, 5.41) is 0. The molecule has 2 unspecified atom stereocenters. The molecule has 0 spiro atoms. The summed E-state index contributed by atoms with van der Waals surface area (Å²) in [6.45, 7) is 3.85. The molecule has 25 heavy (non-hydrogen) atoms. The molecule has 2 aliphatic heterocycles. The summed E-state index contributed by atoms with van der Waals surface area (Å²) in [7, 11) is 0. The van der Waals surface area contributed by atoms with E-state index in [4.69, 9.17) is 23.7 Å². The van der Waals surface area contributed by atoms with E-state index < -0.39 is 42.3 Å². The molecule has 1 radical (unpaired) electrons. The quantitative estimate of drug-likeness (QED) is 0.191. The lowest BCUT2D eigenvalue weighted by molar-refractivity contribution is -0.173. The van der Waals surface area contributed by atoms with E-state index in [1.54, 1.807) is 0 Å². The minimum atomic E-state index is -1.12. The smallest absolute Gasteiger partial charge is 0.417 e. The standard InChI is InChI=1S/C16H21O9/c1-2-3-4-5-6-21-15(19)16(20)25-11-9-23-13-10(8-22-14(11)13)24-12(18)7-17/h7,10-11,13-14H,1-6,8-9H2/t10-,11-,13?,14?/m0/s1. The van der Waals surface area contributed by atoms with Crippen molar-refractivity contribution < 1.29 is 42.9 Å². The molecule has 139 valence electrons. The highest BCUT2D eigenvalue weighted by Crippen LogP contribution is 2.30. The summed E-state index contributed by atoms with van der Waals surface area (Å²) in [4.78, 5) is 44.7. The van der Waals surface area contributed by atoms with Crippen molar-refractivity contribution in [3.05, 3.63) is 6.92 Å². The van der Waals surface area contributed by atoms with Gasteiger partial charge in [-0.3, -0.25) is 4.79 Å². The molecule has 0 bridgehead atoms. The Bertz CT molecular complexity index is 504. The van der Waals surface area contributed by atoms with Gasteiger partial charge >= 0.3 is 17.9 Å². The van der Waals surface area contributed by atoms with Crippen LogP contribution in [0.25, 0.3) is 0 Å². The fourth-order valence-electron chi connectivity index (χ4n) is 2.67. The monoisotopic (exact) mass is 357 g/mol. The van der Waals surface area contributed by atoms with E-state index in [2.05, 4.69) is 6.92 Å². The molecule has 2 aliphatic rings. The van der Waals surface area contributed by atoms with Crippen LogP contribution in [0, 0.1) is 6.92 Å². The maximum Gasteiger partial charge on any atom is 0.417 e. The molecule has 0 aromatic heterocycles. The molecular weight excluding hydrogens is 336 g/mol. The summed E-state index contributed by atoms with van der Waals surface area (Å²) >= 11 is 0. The number of ether oxygens (including phenoxy) is 5. The first-order chi connectivity index (χ1) is 12.1. The van der Waals surface area contributed by atoms with Crippen LogP contribution in [-0.2, 0) is 42.9 Å². The summed E-state index contributed by atoms with van der Waals surface area (Å²) in [6.07, 6.45) is 0.411. The van der Waals surface area contributed by atoms with Gasteiger partial charge in [0, 0.05) is 0 Å². The minimum Gasteiger partial charge on any atom is -0.457 e. The van der Waals surface area contributed by atoms with Crippen LogP contribution in [0.4, 0.5) is 0 Å². The van der Waals surface area contributed by atoms with Crippen molar-refractivity contribution in [3.63, 3.8) is 0 Å². The van der Waals surface area contributed by atoms with Gasteiger partial charge in [0.25, 0.3) is 0 Å². The molecule has 0 aromatic carbocycles. The van der Waals surface area contributed by atoms with Crippen LogP contribution in [0.15, 0.2) is 0 Å². The van der Waals surface area contributed by atoms with Crippen LogP contribution in [0.3, 0.4) is 0 Å². The predicted molar refractivity (Wildman–Crippen MR) is 80.1 cm³/mol. The van der Waals surface area contributed by atoms with Gasteiger partial charge in [-0.15, -0.1) is 0 Å². The Morgan fingerprint density at radius 1 is 0.960 bits per heavy atom. The second kappa shape index (κ2) is 9.47. The van der Waals surface area contributed by atoms with Crippen molar-refractivity contribution in [1.29, 1.82) is 0 Å². The Kier molecular flexibility index (Phi) is 7.32. The molecule has 2 heterocycles. The van der Waals surface area contributed by atoms with Crippen molar-refractivity contribution in [2.75, 3.05) is 19.8 Å².